The lowest BCUT2D eigenvalue weighted by atomic mass is 9.87. The quantitative estimate of drug-likeness (QED) is 0.664. The van der Waals surface area contributed by atoms with E-state index in [0.29, 0.717) is 0 Å². The Morgan fingerprint density at radius 3 is 2.06 bits per heavy atom. The number of aliphatic hydroxyl groups excluding tert-OH is 1. The van der Waals surface area contributed by atoms with Gasteiger partial charge in [0.1, 0.15) is 0 Å². The summed E-state index contributed by atoms with van der Waals surface area (Å²) in [6.07, 6.45) is 1.00. The van der Waals surface area contributed by atoms with Crippen molar-refractivity contribution in [1.82, 2.24) is 10.2 Å². The zero-order valence-corrected chi connectivity index (χ0v) is 11.9. The minimum atomic E-state index is 0.0220. The SMILES string of the molecule is CCC(C)(CO)CNCC(C)(C)CN(C)C. The Morgan fingerprint density at radius 1 is 1.12 bits per heavy atom. The van der Waals surface area contributed by atoms with Crippen molar-refractivity contribution >= 4 is 0 Å². The highest BCUT2D eigenvalue weighted by Gasteiger charge is 2.23. The normalized spacial score (nSPS) is 16.5. The Bertz CT molecular complexity index is 186. The van der Waals surface area contributed by atoms with Crippen LogP contribution in [0.4, 0.5) is 0 Å². The molecule has 0 spiro atoms. The summed E-state index contributed by atoms with van der Waals surface area (Å²) in [4.78, 5) is 2.22. The van der Waals surface area contributed by atoms with E-state index in [0.717, 1.165) is 26.1 Å². The molecule has 2 N–H and O–H groups in total. The van der Waals surface area contributed by atoms with Gasteiger partial charge in [0.25, 0.3) is 0 Å². The van der Waals surface area contributed by atoms with Crippen LogP contribution in [-0.4, -0.2) is 50.3 Å². The summed E-state index contributed by atoms with van der Waals surface area (Å²) >= 11 is 0. The van der Waals surface area contributed by atoms with Crippen molar-refractivity contribution in [3.05, 3.63) is 0 Å². The maximum absolute atomic E-state index is 9.31. The van der Waals surface area contributed by atoms with Gasteiger partial charge in [-0.1, -0.05) is 27.7 Å². The van der Waals surface area contributed by atoms with Gasteiger partial charge in [0, 0.05) is 31.7 Å². The van der Waals surface area contributed by atoms with Crippen molar-refractivity contribution in [2.75, 3.05) is 40.3 Å². The fraction of sp³-hybridized carbons (Fsp3) is 1.00. The summed E-state index contributed by atoms with van der Waals surface area (Å²) in [6.45, 7) is 12.0. The highest BCUT2D eigenvalue weighted by molar-refractivity contribution is 4.79. The fourth-order valence-electron chi connectivity index (χ4n) is 1.91. The second-order valence-electron chi connectivity index (χ2n) is 6.33. The standard InChI is InChI=1S/C13H30N2O/c1-7-13(4,11-16)9-14-8-12(2,3)10-15(5)6/h14,16H,7-11H2,1-6H3. The first-order chi connectivity index (χ1) is 7.24. The molecule has 0 aliphatic carbocycles. The van der Waals surface area contributed by atoms with Crippen LogP contribution in [0.1, 0.15) is 34.1 Å². The molecule has 1 unspecified atom stereocenters. The highest BCUT2D eigenvalue weighted by Crippen LogP contribution is 2.20. The summed E-state index contributed by atoms with van der Waals surface area (Å²) in [5, 5.41) is 12.8. The minimum Gasteiger partial charge on any atom is -0.396 e. The average Bonchev–Trinajstić information content (AvgIpc) is 2.15. The van der Waals surface area contributed by atoms with E-state index in [2.05, 4.69) is 52.0 Å². The van der Waals surface area contributed by atoms with Crippen LogP contribution in [0.5, 0.6) is 0 Å². The van der Waals surface area contributed by atoms with E-state index in [4.69, 9.17) is 0 Å². The van der Waals surface area contributed by atoms with Crippen LogP contribution in [0.2, 0.25) is 0 Å². The van der Waals surface area contributed by atoms with Gasteiger partial charge in [-0.05, 0) is 25.9 Å². The summed E-state index contributed by atoms with van der Waals surface area (Å²) in [7, 11) is 4.21. The zero-order valence-electron chi connectivity index (χ0n) is 11.9. The third-order valence-electron chi connectivity index (χ3n) is 3.13. The first-order valence-corrected chi connectivity index (χ1v) is 6.21. The van der Waals surface area contributed by atoms with Crippen LogP contribution in [-0.2, 0) is 0 Å². The van der Waals surface area contributed by atoms with Crippen molar-refractivity contribution in [3.63, 3.8) is 0 Å². The number of nitrogens with one attached hydrogen (secondary N) is 1. The second kappa shape index (κ2) is 6.58. The molecule has 0 bridgehead atoms. The molecule has 0 aliphatic rings. The average molecular weight is 230 g/mol. The van der Waals surface area contributed by atoms with E-state index in [1.54, 1.807) is 0 Å². The van der Waals surface area contributed by atoms with Gasteiger partial charge in [-0.3, -0.25) is 0 Å². The molecule has 0 fully saturated rings. The smallest absolute Gasteiger partial charge is 0.0496 e. The Labute approximate surface area is 101 Å². The third kappa shape index (κ3) is 6.46. The maximum Gasteiger partial charge on any atom is 0.0496 e. The molecule has 3 heteroatoms. The molecule has 0 heterocycles. The first kappa shape index (κ1) is 15.9. The van der Waals surface area contributed by atoms with Gasteiger partial charge >= 0.3 is 0 Å². The van der Waals surface area contributed by atoms with Gasteiger partial charge in [0.15, 0.2) is 0 Å². The van der Waals surface area contributed by atoms with E-state index in [9.17, 15) is 5.11 Å². The molecular formula is C13H30N2O. The number of aliphatic hydroxyl groups is 1. The molecule has 0 aromatic heterocycles. The third-order valence-corrected chi connectivity index (χ3v) is 3.13. The number of rotatable bonds is 8. The van der Waals surface area contributed by atoms with Crippen LogP contribution < -0.4 is 5.32 Å². The monoisotopic (exact) mass is 230 g/mol. The van der Waals surface area contributed by atoms with E-state index < -0.39 is 0 Å². The Hall–Kier alpha value is -0.120. The summed E-state index contributed by atoms with van der Waals surface area (Å²) in [5.74, 6) is 0. The first-order valence-electron chi connectivity index (χ1n) is 6.21. The number of hydrogen-bond donors (Lipinski definition) is 2. The molecule has 0 saturated carbocycles. The molecule has 1 atom stereocenters. The van der Waals surface area contributed by atoms with Gasteiger partial charge in [-0.25, -0.2) is 0 Å². The minimum absolute atomic E-state index is 0.0220. The number of nitrogens with zero attached hydrogens (tertiary/aromatic N) is 1. The van der Waals surface area contributed by atoms with Gasteiger partial charge in [0.2, 0.25) is 0 Å². The molecule has 98 valence electrons. The lowest BCUT2D eigenvalue weighted by molar-refractivity contribution is 0.128. The van der Waals surface area contributed by atoms with E-state index >= 15 is 0 Å². The lowest BCUT2D eigenvalue weighted by Gasteiger charge is -2.32. The van der Waals surface area contributed by atoms with Crippen molar-refractivity contribution in [2.24, 2.45) is 10.8 Å². The van der Waals surface area contributed by atoms with Crippen LogP contribution in [0.3, 0.4) is 0 Å². The Balaban J connectivity index is 3.96. The Morgan fingerprint density at radius 2 is 1.69 bits per heavy atom. The molecule has 16 heavy (non-hydrogen) atoms. The maximum atomic E-state index is 9.31. The zero-order chi connectivity index (χ0) is 12.8. The van der Waals surface area contributed by atoms with Crippen LogP contribution in [0.25, 0.3) is 0 Å². The molecule has 0 rings (SSSR count). The van der Waals surface area contributed by atoms with Gasteiger partial charge < -0.3 is 15.3 Å². The van der Waals surface area contributed by atoms with E-state index in [-0.39, 0.29) is 17.4 Å². The Kier molecular flexibility index (Phi) is 6.53. The largest absolute Gasteiger partial charge is 0.396 e. The van der Waals surface area contributed by atoms with Gasteiger partial charge in [-0.15, -0.1) is 0 Å². The summed E-state index contributed by atoms with van der Waals surface area (Å²) in [5.41, 5.74) is 0.293. The molecule has 0 amide bonds. The molecule has 0 saturated heterocycles. The fourth-order valence-corrected chi connectivity index (χ4v) is 1.91. The van der Waals surface area contributed by atoms with Crippen LogP contribution in [0.15, 0.2) is 0 Å². The van der Waals surface area contributed by atoms with Crippen molar-refractivity contribution in [1.29, 1.82) is 0 Å². The van der Waals surface area contributed by atoms with Crippen molar-refractivity contribution in [3.8, 4) is 0 Å². The van der Waals surface area contributed by atoms with Crippen LogP contribution >= 0.6 is 0 Å². The summed E-state index contributed by atoms with van der Waals surface area (Å²) < 4.78 is 0. The van der Waals surface area contributed by atoms with E-state index in [1.165, 1.54) is 0 Å². The van der Waals surface area contributed by atoms with E-state index in [1.807, 2.05) is 0 Å². The topological polar surface area (TPSA) is 35.5 Å². The molecule has 0 radical (unpaired) electrons. The van der Waals surface area contributed by atoms with Crippen LogP contribution in [0, 0.1) is 10.8 Å². The molecule has 0 aromatic rings. The molecular weight excluding hydrogens is 200 g/mol. The summed E-state index contributed by atoms with van der Waals surface area (Å²) in [6, 6.07) is 0. The predicted molar refractivity (Wildman–Crippen MR) is 70.7 cm³/mol. The van der Waals surface area contributed by atoms with Crippen molar-refractivity contribution in [2.45, 2.75) is 34.1 Å². The molecule has 3 nitrogen and oxygen atoms in total. The number of hydrogen-bond acceptors (Lipinski definition) is 3. The highest BCUT2D eigenvalue weighted by atomic mass is 16.3. The van der Waals surface area contributed by atoms with Gasteiger partial charge in [0.05, 0.1) is 0 Å². The van der Waals surface area contributed by atoms with Crippen molar-refractivity contribution < 1.29 is 5.11 Å². The predicted octanol–water partition coefficient (Wildman–Crippen LogP) is 1.57. The lowest BCUT2D eigenvalue weighted by Crippen LogP contribution is -2.42. The second-order valence-corrected chi connectivity index (χ2v) is 6.33. The molecule has 0 aromatic carbocycles. The van der Waals surface area contributed by atoms with Gasteiger partial charge in [-0.2, -0.15) is 0 Å². The molecule has 0 aliphatic heterocycles.